The lowest BCUT2D eigenvalue weighted by Gasteiger charge is -2.23. The van der Waals surface area contributed by atoms with E-state index in [1.807, 2.05) is 13.0 Å². The first-order chi connectivity index (χ1) is 10.5. The van der Waals surface area contributed by atoms with E-state index in [1.165, 1.54) is 18.9 Å². The Kier molecular flexibility index (Phi) is 4.32. The van der Waals surface area contributed by atoms with Crippen LogP contribution in [0.25, 0.3) is 0 Å². The van der Waals surface area contributed by atoms with Crippen LogP contribution in [-0.4, -0.2) is 12.5 Å². The Labute approximate surface area is 129 Å². The molecule has 22 heavy (non-hydrogen) atoms. The largest absolute Gasteiger partial charge is 0.435 e. The number of benzene rings is 1. The van der Waals surface area contributed by atoms with Crippen LogP contribution in [0.2, 0.25) is 0 Å². The number of halogens is 2. The molecule has 0 heterocycles. The van der Waals surface area contributed by atoms with E-state index in [9.17, 15) is 13.6 Å². The van der Waals surface area contributed by atoms with Gasteiger partial charge in [0.25, 0.3) is 0 Å². The van der Waals surface area contributed by atoms with Crippen molar-refractivity contribution < 1.29 is 18.3 Å². The Hall–Kier alpha value is -1.65. The third-order valence-corrected chi connectivity index (χ3v) is 5.02. The molecule has 2 bridgehead atoms. The average molecular weight is 309 g/mol. The second-order valence-corrected chi connectivity index (χ2v) is 6.46. The normalized spacial score (nSPS) is 27.9. The Bertz CT molecular complexity index is 549. The number of carbonyl (C=O) groups excluding carboxylic acids is 1. The second-order valence-electron chi connectivity index (χ2n) is 6.46. The first-order valence-electron chi connectivity index (χ1n) is 7.88. The zero-order valence-electron chi connectivity index (χ0n) is 12.6. The number of hydrogen-bond donors (Lipinski definition) is 1. The SMILES string of the molecule is C[C@H](NC(=O)[C@H]1C[C@@H]2CC[C@@H]1C2)c1cccc(OC(F)F)c1. The van der Waals surface area contributed by atoms with Crippen molar-refractivity contribution >= 4 is 5.91 Å². The van der Waals surface area contributed by atoms with Crippen molar-refractivity contribution in [3.8, 4) is 5.75 Å². The summed E-state index contributed by atoms with van der Waals surface area (Å²) in [5, 5.41) is 3.02. The zero-order chi connectivity index (χ0) is 15.7. The molecule has 0 saturated heterocycles. The third-order valence-electron chi connectivity index (χ3n) is 5.02. The molecule has 2 fully saturated rings. The van der Waals surface area contributed by atoms with Crippen LogP contribution in [0.3, 0.4) is 0 Å². The highest BCUT2D eigenvalue weighted by molar-refractivity contribution is 5.80. The number of amides is 1. The van der Waals surface area contributed by atoms with E-state index in [4.69, 9.17) is 0 Å². The number of hydrogen-bond acceptors (Lipinski definition) is 2. The van der Waals surface area contributed by atoms with E-state index >= 15 is 0 Å². The van der Waals surface area contributed by atoms with Crippen molar-refractivity contribution in [2.75, 3.05) is 0 Å². The van der Waals surface area contributed by atoms with E-state index in [-0.39, 0.29) is 23.6 Å². The lowest BCUT2D eigenvalue weighted by atomic mass is 9.88. The second kappa shape index (κ2) is 6.23. The number of ether oxygens (including phenoxy) is 1. The lowest BCUT2D eigenvalue weighted by Crippen LogP contribution is -2.35. The molecule has 1 N–H and O–H groups in total. The fraction of sp³-hybridized carbons (Fsp3) is 0.588. The summed E-state index contributed by atoms with van der Waals surface area (Å²) in [6.07, 6.45) is 4.60. The molecule has 1 aromatic rings. The van der Waals surface area contributed by atoms with Crippen molar-refractivity contribution in [1.82, 2.24) is 5.32 Å². The fourth-order valence-corrected chi connectivity index (χ4v) is 3.93. The molecule has 1 aromatic carbocycles. The summed E-state index contributed by atoms with van der Waals surface area (Å²) in [7, 11) is 0. The van der Waals surface area contributed by atoms with E-state index < -0.39 is 6.61 Å². The molecule has 2 saturated carbocycles. The minimum atomic E-state index is -2.84. The molecule has 0 spiro atoms. The maximum Gasteiger partial charge on any atom is 0.387 e. The van der Waals surface area contributed by atoms with E-state index in [2.05, 4.69) is 10.1 Å². The number of nitrogens with one attached hydrogen (secondary N) is 1. The summed E-state index contributed by atoms with van der Waals surface area (Å²) in [5.41, 5.74) is 0.773. The monoisotopic (exact) mass is 309 g/mol. The summed E-state index contributed by atoms with van der Waals surface area (Å²) < 4.78 is 28.9. The van der Waals surface area contributed by atoms with Gasteiger partial charge in [-0.2, -0.15) is 8.78 Å². The molecule has 1 amide bonds. The van der Waals surface area contributed by atoms with Crippen molar-refractivity contribution in [3.05, 3.63) is 29.8 Å². The molecular formula is C17H21F2NO2. The van der Waals surface area contributed by atoms with Crippen molar-refractivity contribution in [2.45, 2.75) is 45.3 Å². The maximum absolute atomic E-state index is 12.4. The molecule has 3 nitrogen and oxygen atoms in total. The van der Waals surface area contributed by atoms with Crippen LogP contribution >= 0.6 is 0 Å². The van der Waals surface area contributed by atoms with Gasteiger partial charge >= 0.3 is 6.61 Å². The zero-order valence-corrected chi connectivity index (χ0v) is 12.6. The molecule has 0 aliphatic heterocycles. The molecule has 5 heteroatoms. The van der Waals surface area contributed by atoms with Crippen LogP contribution in [0.5, 0.6) is 5.75 Å². The predicted molar refractivity (Wildman–Crippen MR) is 78.6 cm³/mol. The highest BCUT2D eigenvalue weighted by Gasteiger charge is 2.43. The van der Waals surface area contributed by atoms with Crippen LogP contribution < -0.4 is 10.1 Å². The van der Waals surface area contributed by atoms with Gasteiger partial charge in [-0.25, -0.2) is 0 Å². The van der Waals surface area contributed by atoms with Crippen LogP contribution in [0.4, 0.5) is 8.78 Å². The third kappa shape index (κ3) is 3.23. The molecule has 0 radical (unpaired) electrons. The Morgan fingerprint density at radius 1 is 1.32 bits per heavy atom. The van der Waals surface area contributed by atoms with Gasteiger partial charge in [-0.15, -0.1) is 0 Å². The number of rotatable bonds is 5. The van der Waals surface area contributed by atoms with Crippen LogP contribution in [0, 0.1) is 17.8 Å². The molecule has 4 atom stereocenters. The van der Waals surface area contributed by atoms with Gasteiger partial charge in [0.15, 0.2) is 0 Å². The average Bonchev–Trinajstić information content (AvgIpc) is 3.09. The first-order valence-corrected chi connectivity index (χ1v) is 7.88. The van der Waals surface area contributed by atoms with Crippen LogP contribution in [-0.2, 0) is 4.79 Å². The first kappa shape index (κ1) is 15.3. The minimum absolute atomic E-state index is 0.0971. The lowest BCUT2D eigenvalue weighted by molar-refractivity contribution is -0.127. The quantitative estimate of drug-likeness (QED) is 0.896. The van der Waals surface area contributed by atoms with Gasteiger partial charge in [-0.3, -0.25) is 4.79 Å². The van der Waals surface area contributed by atoms with Gasteiger partial charge in [0.05, 0.1) is 6.04 Å². The number of alkyl halides is 2. The number of carbonyl (C=O) groups is 1. The van der Waals surface area contributed by atoms with Crippen LogP contribution in [0.1, 0.15) is 44.2 Å². The minimum Gasteiger partial charge on any atom is -0.435 e. The number of fused-ring (bicyclic) bond motifs is 2. The van der Waals surface area contributed by atoms with Crippen LogP contribution in [0.15, 0.2) is 24.3 Å². The van der Waals surface area contributed by atoms with Crippen molar-refractivity contribution in [2.24, 2.45) is 17.8 Å². The van der Waals surface area contributed by atoms with Gasteiger partial charge < -0.3 is 10.1 Å². The summed E-state index contributed by atoms with van der Waals surface area (Å²) in [6, 6.07) is 6.29. The molecule has 2 aliphatic carbocycles. The van der Waals surface area contributed by atoms with Crippen molar-refractivity contribution in [3.63, 3.8) is 0 Å². The van der Waals surface area contributed by atoms with Gasteiger partial charge in [-0.05, 0) is 55.7 Å². The van der Waals surface area contributed by atoms with Gasteiger partial charge in [0, 0.05) is 5.92 Å². The molecule has 120 valence electrons. The molecule has 2 aliphatic rings. The molecule has 0 unspecified atom stereocenters. The molecule has 3 rings (SSSR count). The smallest absolute Gasteiger partial charge is 0.387 e. The van der Waals surface area contributed by atoms with Gasteiger partial charge in [0.2, 0.25) is 5.91 Å². The summed E-state index contributed by atoms with van der Waals surface area (Å²) in [5.74, 6) is 1.60. The summed E-state index contributed by atoms with van der Waals surface area (Å²) in [4.78, 5) is 12.4. The molecular weight excluding hydrogens is 288 g/mol. The topological polar surface area (TPSA) is 38.3 Å². The predicted octanol–water partition coefficient (Wildman–Crippen LogP) is 3.90. The Morgan fingerprint density at radius 2 is 2.14 bits per heavy atom. The standard InChI is InChI=1S/C17H21F2NO2/c1-10(12-3-2-4-14(9-12)22-17(18)19)20-16(21)15-8-11-5-6-13(15)7-11/h2-4,9-11,13,15,17H,5-8H2,1H3,(H,20,21)/t10-,11+,13+,15-/m0/s1. The Balaban J connectivity index is 1.61. The van der Waals surface area contributed by atoms with E-state index in [0.717, 1.165) is 24.3 Å². The van der Waals surface area contributed by atoms with Crippen molar-refractivity contribution in [1.29, 1.82) is 0 Å². The summed E-state index contributed by atoms with van der Waals surface area (Å²) in [6.45, 7) is -0.971. The van der Waals surface area contributed by atoms with E-state index in [1.54, 1.807) is 12.1 Å². The fourth-order valence-electron chi connectivity index (χ4n) is 3.93. The van der Waals surface area contributed by atoms with Gasteiger partial charge in [0.1, 0.15) is 5.75 Å². The Morgan fingerprint density at radius 3 is 2.77 bits per heavy atom. The molecule has 0 aromatic heterocycles. The highest BCUT2D eigenvalue weighted by Crippen LogP contribution is 2.48. The van der Waals surface area contributed by atoms with Gasteiger partial charge in [-0.1, -0.05) is 18.6 Å². The summed E-state index contributed by atoms with van der Waals surface area (Å²) >= 11 is 0. The highest BCUT2D eigenvalue weighted by atomic mass is 19.3. The maximum atomic E-state index is 12.4. The van der Waals surface area contributed by atoms with E-state index in [0.29, 0.717) is 5.92 Å².